The molecule has 23 heavy (non-hydrogen) atoms. The van der Waals surface area contributed by atoms with E-state index in [0.29, 0.717) is 24.8 Å². The van der Waals surface area contributed by atoms with Crippen LogP contribution in [-0.4, -0.2) is 37.1 Å². The lowest BCUT2D eigenvalue weighted by Crippen LogP contribution is -2.06. The second kappa shape index (κ2) is 5.49. The van der Waals surface area contributed by atoms with Crippen LogP contribution in [0.2, 0.25) is 0 Å². The monoisotopic (exact) mass is 311 g/mol. The number of pyridine rings is 1. The molecule has 4 rings (SSSR count). The molecule has 0 amide bonds. The van der Waals surface area contributed by atoms with Crippen molar-refractivity contribution in [3.8, 4) is 0 Å². The molecule has 1 saturated carbocycles. The molecule has 0 bridgehead atoms. The van der Waals surface area contributed by atoms with E-state index in [4.69, 9.17) is 4.74 Å². The Balaban J connectivity index is 1.54. The summed E-state index contributed by atoms with van der Waals surface area (Å²) in [5, 5.41) is 6.65. The van der Waals surface area contributed by atoms with E-state index in [1.54, 1.807) is 6.92 Å². The van der Waals surface area contributed by atoms with Gasteiger partial charge in [-0.2, -0.15) is 0 Å². The Bertz CT molecular complexity index is 862. The number of ether oxygens (including phenoxy) is 1. The van der Waals surface area contributed by atoms with Gasteiger partial charge in [0, 0.05) is 12.4 Å². The summed E-state index contributed by atoms with van der Waals surface area (Å²) in [6.07, 6.45) is 7.19. The van der Waals surface area contributed by atoms with Crippen LogP contribution < -0.4 is 0 Å². The maximum Gasteiger partial charge on any atom is 0.378 e. The molecule has 0 aliphatic heterocycles. The number of carbonyl (C=O) groups is 1. The van der Waals surface area contributed by atoms with Crippen LogP contribution in [0.3, 0.4) is 0 Å². The molecule has 0 aromatic carbocycles. The Morgan fingerprint density at radius 2 is 2.22 bits per heavy atom. The second-order valence-corrected chi connectivity index (χ2v) is 5.74. The minimum atomic E-state index is -0.515. The molecule has 7 heteroatoms. The summed E-state index contributed by atoms with van der Waals surface area (Å²) < 4.78 is 6.92. The van der Waals surface area contributed by atoms with Gasteiger partial charge in [0.05, 0.1) is 18.7 Å². The molecule has 118 valence electrons. The predicted molar refractivity (Wildman–Crippen MR) is 82.3 cm³/mol. The Hall–Kier alpha value is -2.70. The molecule has 1 N–H and O–H groups in total. The van der Waals surface area contributed by atoms with Gasteiger partial charge in [0.2, 0.25) is 0 Å². The number of nitrogens with zero attached hydrogens (tertiary/aromatic N) is 4. The van der Waals surface area contributed by atoms with Crippen LogP contribution in [0.25, 0.3) is 5.65 Å². The number of hydrogen-bond donors (Lipinski definition) is 1. The average molecular weight is 311 g/mol. The molecule has 0 atom stereocenters. The van der Waals surface area contributed by atoms with Crippen LogP contribution in [0.15, 0.2) is 24.5 Å². The van der Waals surface area contributed by atoms with Crippen molar-refractivity contribution in [1.29, 1.82) is 0 Å². The Labute approximate surface area is 132 Å². The zero-order valence-electron chi connectivity index (χ0n) is 12.8. The fourth-order valence-corrected chi connectivity index (χ4v) is 2.64. The zero-order valence-corrected chi connectivity index (χ0v) is 12.8. The van der Waals surface area contributed by atoms with Gasteiger partial charge in [-0.25, -0.2) is 14.8 Å². The third-order valence-electron chi connectivity index (χ3n) is 3.91. The van der Waals surface area contributed by atoms with Crippen molar-refractivity contribution in [2.45, 2.75) is 32.1 Å². The van der Waals surface area contributed by atoms with E-state index < -0.39 is 5.97 Å². The first-order valence-corrected chi connectivity index (χ1v) is 7.79. The number of carbonyl (C=O) groups excluding carboxylic acids is 1. The molecule has 0 radical (unpaired) electrons. The molecule has 0 saturated heterocycles. The molecule has 1 aliphatic rings. The van der Waals surface area contributed by atoms with Crippen molar-refractivity contribution >= 4 is 11.6 Å². The normalized spacial score (nSPS) is 14.3. The maximum absolute atomic E-state index is 11.6. The average Bonchev–Trinajstić information content (AvgIpc) is 3.15. The van der Waals surface area contributed by atoms with Crippen LogP contribution in [0, 0.1) is 0 Å². The summed E-state index contributed by atoms with van der Waals surface area (Å²) in [6, 6.07) is 4.19. The fraction of sp³-hybridized carbons (Fsp3) is 0.375. The maximum atomic E-state index is 11.6. The summed E-state index contributed by atoms with van der Waals surface area (Å²) in [6.45, 7) is 2.05. The molecule has 3 aromatic heterocycles. The molecular formula is C16H17N5O2. The van der Waals surface area contributed by atoms with Crippen LogP contribution in [-0.2, 0) is 11.2 Å². The minimum Gasteiger partial charge on any atom is -0.460 e. The lowest BCUT2D eigenvalue weighted by atomic mass is 10.2. The van der Waals surface area contributed by atoms with Crippen LogP contribution in [0.1, 0.15) is 53.4 Å². The van der Waals surface area contributed by atoms with Crippen molar-refractivity contribution in [1.82, 2.24) is 24.6 Å². The standard InChI is InChI=1S/C16H17N5O2/c1-2-23-16(22)15-18-13(19-20-15)7-12-9-21-8-11(10-3-4-10)5-6-14(21)17-12/h5-6,8-10H,2-4,7H2,1H3,(H,18,19,20). The summed E-state index contributed by atoms with van der Waals surface area (Å²) >= 11 is 0. The summed E-state index contributed by atoms with van der Waals surface area (Å²) in [4.78, 5) is 20.3. The van der Waals surface area contributed by atoms with Gasteiger partial charge >= 0.3 is 5.97 Å². The minimum absolute atomic E-state index is 0.0571. The molecule has 3 aromatic rings. The molecule has 3 heterocycles. The van der Waals surface area contributed by atoms with Gasteiger partial charge in [0.25, 0.3) is 5.82 Å². The Kier molecular flexibility index (Phi) is 3.33. The third kappa shape index (κ3) is 2.81. The number of hydrogen-bond acceptors (Lipinski definition) is 5. The molecule has 0 spiro atoms. The van der Waals surface area contributed by atoms with Crippen molar-refractivity contribution in [3.63, 3.8) is 0 Å². The Morgan fingerprint density at radius 1 is 1.35 bits per heavy atom. The van der Waals surface area contributed by atoms with Crippen LogP contribution >= 0.6 is 0 Å². The first kappa shape index (κ1) is 13.9. The van der Waals surface area contributed by atoms with Crippen molar-refractivity contribution < 1.29 is 9.53 Å². The van der Waals surface area contributed by atoms with Gasteiger partial charge in [-0.1, -0.05) is 6.07 Å². The molecule has 1 aliphatic carbocycles. The Morgan fingerprint density at radius 3 is 3.00 bits per heavy atom. The number of fused-ring (bicyclic) bond motifs is 1. The van der Waals surface area contributed by atoms with E-state index in [1.807, 2.05) is 16.7 Å². The van der Waals surface area contributed by atoms with E-state index >= 15 is 0 Å². The smallest absolute Gasteiger partial charge is 0.378 e. The number of nitrogens with one attached hydrogen (secondary N) is 1. The quantitative estimate of drug-likeness (QED) is 0.729. The molecule has 7 nitrogen and oxygen atoms in total. The van der Waals surface area contributed by atoms with Gasteiger partial charge < -0.3 is 9.14 Å². The lowest BCUT2D eigenvalue weighted by Gasteiger charge is -1.98. The summed E-state index contributed by atoms with van der Waals surface area (Å²) in [5.74, 6) is 0.853. The van der Waals surface area contributed by atoms with E-state index in [0.717, 1.165) is 11.3 Å². The highest BCUT2D eigenvalue weighted by Crippen LogP contribution is 2.39. The van der Waals surface area contributed by atoms with E-state index in [-0.39, 0.29) is 5.82 Å². The van der Waals surface area contributed by atoms with Gasteiger partial charge in [0.1, 0.15) is 11.5 Å². The van der Waals surface area contributed by atoms with E-state index in [2.05, 4.69) is 32.4 Å². The number of aromatic nitrogens is 5. The third-order valence-corrected chi connectivity index (χ3v) is 3.91. The van der Waals surface area contributed by atoms with Crippen molar-refractivity contribution in [3.05, 3.63) is 47.4 Å². The number of rotatable bonds is 5. The number of H-pyrrole nitrogens is 1. The van der Waals surface area contributed by atoms with Crippen molar-refractivity contribution in [2.24, 2.45) is 0 Å². The van der Waals surface area contributed by atoms with Crippen LogP contribution in [0.5, 0.6) is 0 Å². The van der Waals surface area contributed by atoms with Gasteiger partial charge in [-0.3, -0.25) is 5.10 Å². The van der Waals surface area contributed by atoms with Gasteiger partial charge in [-0.05, 0) is 37.3 Å². The highest BCUT2D eigenvalue weighted by Gasteiger charge is 2.23. The lowest BCUT2D eigenvalue weighted by molar-refractivity contribution is 0.0512. The highest BCUT2D eigenvalue weighted by atomic mass is 16.5. The molecule has 0 unspecified atom stereocenters. The number of imidazole rings is 1. The zero-order chi connectivity index (χ0) is 15.8. The highest BCUT2D eigenvalue weighted by molar-refractivity contribution is 5.84. The topological polar surface area (TPSA) is 85.2 Å². The van der Waals surface area contributed by atoms with E-state index in [9.17, 15) is 4.79 Å². The fourth-order valence-electron chi connectivity index (χ4n) is 2.64. The first-order valence-electron chi connectivity index (χ1n) is 7.79. The van der Waals surface area contributed by atoms with E-state index in [1.165, 1.54) is 18.4 Å². The SMILES string of the molecule is CCOC(=O)c1n[nH]c(Cc2cn3cc(C4CC4)ccc3n2)n1. The first-order chi connectivity index (χ1) is 11.2. The van der Waals surface area contributed by atoms with Crippen molar-refractivity contribution in [2.75, 3.05) is 6.61 Å². The molecule has 1 fully saturated rings. The summed E-state index contributed by atoms with van der Waals surface area (Å²) in [7, 11) is 0. The number of esters is 1. The van der Waals surface area contributed by atoms with Gasteiger partial charge in [0.15, 0.2) is 0 Å². The second-order valence-electron chi connectivity index (χ2n) is 5.74. The van der Waals surface area contributed by atoms with Gasteiger partial charge in [-0.15, -0.1) is 5.10 Å². The number of aromatic amines is 1. The summed E-state index contributed by atoms with van der Waals surface area (Å²) in [5.41, 5.74) is 3.16. The van der Waals surface area contributed by atoms with Crippen LogP contribution in [0.4, 0.5) is 0 Å². The molecular weight excluding hydrogens is 294 g/mol. The largest absolute Gasteiger partial charge is 0.460 e. The predicted octanol–water partition coefficient (Wildman–Crippen LogP) is 2.10.